The lowest BCUT2D eigenvalue weighted by molar-refractivity contribution is -0.137. The quantitative estimate of drug-likeness (QED) is 0.300. The molecule has 31 heavy (non-hydrogen) atoms. The molecule has 0 aliphatic rings. The lowest BCUT2D eigenvalue weighted by atomic mass is 10.0. The van der Waals surface area contributed by atoms with Gasteiger partial charge in [0.2, 0.25) is 0 Å². The largest absolute Gasteiger partial charge is 0.416 e. The fourth-order valence-corrected chi connectivity index (χ4v) is 5.53. The van der Waals surface area contributed by atoms with E-state index < -0.39 is 37.9 Å². The summed E-state index contributed by atoms with van der Waals surface area (Å²) in [5.41, 5.74) is -0.603. The summed E-state index contributed by atoms with van der Waals surface area (Å²) in [5.74, 6) is -0.170. The molecule has 0 heterocycles. The van der Waals surface area contributed by atoms with Gasteiger partial charge in [-0.2, -0.15) is 24.9 Å². The Bertz CT molecular complexity index is 1010. The van der Waals surface area contributed by atoms with Gasteiger partial charge in [0, 0.05) is 22.8 Å². The van der Waals surface area contributed by atoms with Crippen molar-refractivity contribution in [2.45, 2.75) is 48.3 Å². The summed E-state index contributed by atoms with van der Waals surface area (Å²) >= 11 is 7.32. The highest BCUT2D eigenvalue weighted by molar-refractivity contribution is 7.98. The topological polar surface area (TPSA) is 51.2 Å². The molecule has 0 unspecified atom stereocenters. The van der Waals surface area contributed by atoms with Crippen LogP contribution in [0.4, 0.5) is 17.6 Å². The molecule has 0 aliphatic heterocycles. The maximum atomic E-state index is 13.7. The van der Waals surface area contributed by atoms with E-state index in [0.717, 1.165) is 12.1 Å². The van der Waals surface area contributed by atoms with Crippen LogP contribution in [0.3, 0.4) is 0 Å². The van der Waals surface area contributed by atoms with E-state index in [1.807, 2.05) is 0 Å². The summed E-state index contributed by atoms with van der Waals surface area (Å²) in [5, 5.41) is 0.312. The summed E-state index contributed by atoms with van der Waals surface area (Å²) in [6, 6.07) is 7.47. The zero-order valence-electron chi connectivity index (χ0n) is 16.8. The Balaban J connectivity index is 1.97. The Hall–Kier alpha value is -1.58. The molecule has 3 nitrogen and oxygen atoms in total. The van der Waals surface area contributed by atoms with Crippen molar-refractivity contribution in [2.24, 2.45) is 0 Å². The molecule has 2 aromatic carbocycles. The number of rotatable bonds is 9. The van der Waals surface area contributed by atoms with Gasteiger partial charge in [-0.1, -0.05) is 17.7 Å². The van der Waals surface area contributed by atoms with Gasteiger partial charge in [-0.15, -0.1) is 0 Å². The Kier molecular flexibility index (Phi) is 8.21. The minimum absolute atomic E-state index is 0.0368. The van der Waals surface area contributed by atoms with E-state index >= 15 is 0 Å². The average molecular weight is 497 g/mol. The standard InChI is InChI=1S/C21H21ClF4O3S2/c1-20(2,31(28,29)15-10-8-14(9-11-15)21(24,25)26)19(27)7-4-12-30-13-16-17(22)5-3-6-18(16)23/h3,5-6,8-11H,4,7,12-13H2,1-2H3. The van der Waals surface area contributed by atoms with Crippen molar-refractivity contribution >= 4 is 39.0 Å². The smallest absolute Gasteiger partial charge is 0.298 e. The molecule has 0 amide bonds. The van der Waals surface area contributed by atoms with Gasteiger partial charge >= 0.3 is 6.18 Å². The van der Waals surface area contributed by atoms with Gasteiger partial charge in [0.1, 0.15) is 10.6 Å². The van der Waals surface area contributed by atoms with E-state index in [1.54, 1.807) is 6.07 Å². The summed E-state index contributed by atoms with van der Waals surface area (Å²) in [6.45, 7) is 2.49. The number of halogens is 5. The van der Waals surface area contributed by atoms with Gasteiger partial charge in [0.05, 0.1) is 10.5 Å². The van der Waals surface area contributed by atoms with E-state index in [2.05, 4.69) is 0 Å². The van der Waals surface area contributed by atoms with Crippen LogP contribution < -0.4 is 0 Å². The van der Waals surface area contributed by atoms with Crippen molar-refractivity contribution < 1.29 is 30.8 Å². The number of hydrogen-bond donors (Lipinski definition) is 0. The maximum Gasteiger partial charge on any atom is 0.416 e. The summed E-state index contributed by atoms with van der Waals surface area (Å²) in [4.78, 5) is 12.3. The highest BCUT2D eigenvalue weighted by Gasteiger charge is 2.42. The predicted molar refractivity (Wildman–Crippen MR) is 115 cm³/mol. The molecule has 0 aliphatic carbocycles. The van der Waals surface area contributed by atoms with Crippen LogP contribution in [-0.2, 0) is 26.6 Å². The molecule has 0 atom stereocenters. The number of thioether (sulfide) groups is 1. The first kappa shape index (κ1) is 25.7. The van der Waals surface area contributed by atoms with E-state index in [1.165, 1.54) is 37.7 Å². The number of carbonyl (C=O) groups is 1. The van der Waals surface area contributed by atoms with Crippen LogP contribution in [0.5, 0.6) is 0 Å². The minimum Gasteiger partial charge on any atom is -0.298 e. The highest BCUT2D eigenvalue weighted by atomic mass is 35.5. The Morgan fingerprint density at radius 1 is 1.06 bits per heavy atom. The van der Waals surface area contributed by atoms with Crippen molar-refractivity contribution in [1.29, 1.82) is 0 Å². The van der Waals surface area contributed by atoms with Gasteiger partial charge in [-0.25, -0.2) is 12.8 Å². The first-order chi connectivity index (χ1) is 14.3. The number of benzene rings is 2. The second-order valence-corrected chi connectivity index (χ2v) is 11.3. The fraction of sp³-hybridized carbons (Fsp3) is 0.381. The molecule has 0 saturated heterocycles. The number of ketones is 1. The molecule has 0 saturated carbocycles. The molecule has 0 N–H and O–H groups in total. The Morgan fingerprint density at radius 3 is 2.23 bits per heavy atom. The van der Waals surface area contributed by atoms with E-state index in [-0.39, 0.29) is 11.3 Å². The van der Waals surface area contributed by atoms with Crippen LogP contribution in [0.15, 0.2) is 47.4 Å². The zero-order valence-corrected chi connectivity index (χ0v) is 19.2. The zero-order chi connectivity index (χ0) is 23.4. The van der Waals surface area contributed by atoms with Crippen LogP contribution in [0.25, 0.3) is 0 Å². The van der Waals surface area contributed by atoms with Crippen LogP contribution in [0, 0.1) is 5.82 Å². The second-order valence-electron chi connectivity index (χ2n) is 7.32. The van der Waals surface area contributed by atoms with Crippen molar-refractivity contribution in [3.63, 3.8) is 0 Å². The van der Waals surface area contributed by atoms with Gasteiger partial charge < -0.3 is 0 Å². The van der Waals surface area contributed by atoms with E-state index in [4.69, 9.17) is 11.6 Å². The van der Waals surface area contributed by atoms with Crippen molar-refractivity contribution in [2.75, 3.05) is 5.75 Å². The predicted octanol–water partition coefficient (Wildman–Crippen LogP) is 6.33. The van der Waals surface area contributed by atoms with Crippen molar-refractivity contribution in [1.82, 2.24) is 0 Å². The molecule has 0 radical (unpaired) electrons. The third-order valence-corrected chi connectivity index (χ3v) is 8.72. The van der Waals surface area contributed by atoms with Gasteiger partial charge in [0.25, 0.3) is 0 Å². The lowest BCUT2D eigenvalue weighted by Gasteiger charge is -2.23. The lowest BCUT2D eigenvalue weighted by Crippen LogP contribution is -2.40. The summed E-state index contributed by atoms with van der Waals surface area (Å²) in [6.07, 6.45) is -4.26. The molecule has 0 aromatic heterocycles. The molecule has 2 rings (SSSR count). The molecular formula is C21H21ClF4O3S2. The number of Topliss-reactive ketones (excluding diaryl/α,β-unsaturated/α-hetero) is 1. The minimum atomic E-state index is -4.59. The van der Waals surface area contributed by atoms with E-state index in [9.17, 15) is 30.8 Å². The van der Waals surface area contributed by atoms with Gasteiger partial charge in [-0.05, 0) is 62.4 Å². The molecule has 0 bridgehead atoms. The number of hydrogen-bond acceptors (Lipinski definition) is 4. The molecule has 10 heteroatoms. The van der Waals surface area contributed by atoms with Crippen molar-refractivity contribution in [3.05, 3.63) is 64.4 Å². The molecule has 0 spiro atoms. The molecule has 0 fully saturated rings. The van der Waals surface area contributed by atoms with Crippen LogP contribution in [0.1, 0.15) is 37.8 Å². The molecular weight excluding hydrogens is 476 g/mol. The molecule has 170 valence electrons. The fourth-order valence-electron chi connectivity index (χ4n) is 2.75. The first-order valence-corrected chi connectivity index (χ1v) is 12.3. The second kappa shape index (κ2) is 9.92. The van der Waals surface area contributed by atoms with Gasteiger partial charge in [0.15, 0.2) is 15.6 Å². The summed E-state index contributed by atoms with van der Waals surface area (Å²) < 4.78 is 75.7. The number of alkyl halides is 3. The maximum absolute atomic E-state index is 13.7. The van der Waals surface area contributed by atoms with Crippen LogP contribution in [0.2, 0.25) is 5.02 Å². The Labute approximate surface area is 188 Å². The third kappa shape index (κ3) is 6.02. The van der Waals surface area contributed by atoms with E-state index in [0.29, 0.717) is 40.6 Å². The van der Waals surface area contributed by atoms with Crippen LogP contribution in [-0.4, -0.2) is 24.7 Å². The summed E-state index contributed by atoms with van der Waals surface area (Å²) in [7, 11) is -4.19. The van der Waals surface area contributed by atoms with Crippen LogP contribution >= 0.6 is 23.4 Å². The number of carbonyl (C=O) groups excluding carboxylic acids is 1. The SMILES string of the molecule is CC(C)(C(=O)CCCSCc1c(F)cccc1Cl)S(=O)(=O)c1ccc(C(F)(F)F)cc1. The Morgan fingerprint density at radius 2 is 1.68 bits per heavy atom. The van der Waals surface area contributed by atoms with Crippen molar-refractivity contribution in [3.8, 4) is 0 Å². The average Bonchev–Trinajstić information content (AvgIpc) is 2.68. The third-order valence-electron chi connectivity index (χ3n) is 4.84. The number of sulfone groups is 1. The molecule has 2 aromatic rings. The normalized spacial score (nSPS) is 12.7. The first-order valence-electron chi connectivity index (χ1n) is 9.24. The monoisotopic (exact) mass is 496 g/mol. The highest BCUT2D eigenvalue weighted by Crippen LogP contribution is 2.33. The van der Waals surface area contributed by atoms with Gasteiger partial charge in [-0.3, -0.25) is 4.79 Å².